The third-order valence-corrected chi connectivity index (χ3v) is 4.46. The van der Waals surface area contributed by atoms with Gasteiger partial charge in [-0.2, -0.15) is 0 Å². The monoisotopic (exact) mass is 249 g/mol. The minimum Gasteiger partial charge on any atom is -0.388 e. The van der Waals surface area contributed by atoms with Crippen molar-refractivity contribution in [1.82, 2.24) is 4.57 Å². The zero-order chi connectivity index (χ0) is 12.7. The van der Waals surface area contributed by atoms with Crippen molar-refractivity contribution in [3.8, 4) is 0 Å². The summed E-state index contributed by atoms with van der Waals surface area (Å²) in [6, 6.07) is 2.78. The van der Waals surface area contributed by atoms with Gasteiger partial charge in [-0.15, -0.1) is 0 Å². The summed E-state index contributed by atoms with van der Waals surface area (Å²) in [4.78, 5) is 0. The fourth-order valence-electron chi connectivity index (χ4n) is 3.53. The summed E-state index contributed by atoms with van der Waals surface area (Å²) in [6.07, 6.45) is 5.62. The third-order valence-electron chi connectivity index (χ3n) is 4.46. The fraction of sp³-hybridized carbons (Fsp3) is 0.733. The van der Waals surface area contributed by atoms with E-state index < -0.39 is 0 Å². The van der Waals surface area contributed by atoms with Crippen LogP contribution in [0.2, 0.25) is 0 Å². The van der Waals surface area contributed by atoms with Gasteiger partial charge in [-0.05, 0) is 52.0 Å². The van der Waals surface area contributed by atoms with E-state index in [1.807, 2.05) is 0 Å². The lowest BCUT2D eigenvalue weighted by Crippen LogP contribution is -2.34. The topological polar surface area (TPSA) is 34.4 Å². The first-order valence-electron chi connectivity index (χ1n) is 7.21. The third kappa shape index (κ3) is 1.90. The molecule has 100 valence electrons. The summed E-state index contributed by atoms with van der Waals surface area (Å²) in [5.41, 5.74) is 3.87. The number of hydrogen-bond acceptors (Lipinski definition) is 2. The Bertz CT molecular complexity index is 432. The maximum Gasteiger partial charge on any atom is 0.0807 e. The van der Waals surface area contributed by atoms with Gasteiger partial charge in [-0.3, -0.25) is 0 Å². The lowest BCUT2D eigenvalue weighted by atomic mass is 9.87. The van der Waals surface area contributed by atoms with Gasteiger partial charge in [0.15, 0.2) is 0 Å². The largest absolute Gasteiger partial charge is 0.388 e. The van der Waals surface area contributed by atoms with Crippen LogP contribution < -0.4 is 0 Å². The molecule has 0 amide bonds. The van der Waals surface area contributed by atoms with Crippen LogP contribution in [-0.4, -0.2) is 22.4 Å². The van der Waals surface area contributed by atoms with Crippen LogP contribution in [0.5, 0.6) is 0 Å². The Morgan fingerprint density at radius 3 is 2.94 bits per heavy atom. The molecule has 1 aromatic heterocycles. The molecule has 1 fully saturated rings. The van der Waals surface area contributed by atoms with Crippen LogP contribution in [0.15, 0.2) is 6.07 Å². The summed E-state index contributed by atoms with van der Waals surface area (Å²) in [7, 11) is 0. The highest BCUT2D eigenvalue weighted by atomic mass is 16.5. The van der Waals surface area contributed by atoms with Gasteiger partial charge in [0.05, 0.1) is 12.2 Å². The first-order valence-corrected chi connectivity index (χ1v) is 7.21. The lowest BCUT2D eigenvalue weighted by molar-refractivity contribution is -0.0208. The van der Waals surface area contributed by atoms with Crippen molar-refractivity contribution in [3.05, 3.63) is 23.0 Å². The molecule has 2 aliphatic rings. The zero-order valence-corrected chi connectivity index (χ0v) is 11.4. The predicted molar refractivity (Wildman–Crippen MR) is 70.8 cm³/mol. The molecular weight excluding hydrogens is 226 g/mol. The average molecular weight is 249 g/mol. The molecule has 0 radical (unpaired) electrons. The molecule has 1 N–H and O–H groups in total. The first kappa shape index (κ1) is 12.2. The highest BCUT2D eigenvalue weighted by Gasteiger charge is 2.34. The molecule has 3 nitrogen and oxygen atoms in total. The molecule has 2 aliphatic carbocycles. The number of nitrogens with zero attached hydrogens (tertiary/aromatic N) is 1. The fourth-order valence-corrected chi connectivity index (χ4v) is 3.53. The molecule has 0 aromatic carbocycles. The highest BCUT2D eigenvalue weighted by Crippen LogP contribution is 2.41. The van der Waals surface area contributed by atoms with Gasteiger partial charge < -0.3 is 14.4 Å². The molecule has 3 heteroatoms. The average Bonchev–Trinajstić information content (AvgIpc) is 2.62. The summed E-state index contributed by atoms with van der Waals surface area (Å²) in [5, 5.41) is 10.1. The zero-order valence-electron chi connectivity index (χ0n) is 11.4. The van der Waals surface area contributed by atoms with Gasteiger partial charge in [0, 0.05) is 29.6 Å². The summed E-state index contributed by atoms with van der Waals surface area (Å²) < 4.78 is 8.11. The van der Waals surface area contributed by atoms with E-state index >= 15 is 0 Å². The molecule has 1 atom stereocenters. The Morgan fingerprint density at radius 1 is 1.44 bits per heavy atom. The van der Waals surface area contributed by atoms with E-state index in [1.54, 1.807) is 0 Å². The number of hydrogen-bond donors (Lipinski definition) is 1. The molecule has 1 unspecified atom stereocenters. The number of aliphatic hydroxyl groups is 1. The molecule has 0 saturated heterocycles. The van der Waals surface area contributed by atoms with Gasteiger partial charge in [0.25, 0.3) is 0 Å². The van der Waals surface area contributed by atoms with Crippen LogP contribution in [0.25, 0.3) is 0 Å². The molecule has 1 aromatic rings. The van der Waals surface area contributed by atoms with E-state index in [0.717, 1.165) is 38.7 Å². The summed E-state index contributed by atoms with van der Waals surface area (Å²) in [5.74, 6) is 0. The van der Waals surface area contributed by atoms with Crippen molar-refractivity contribution in [2.24, 2.45) is 0 Å². The van der Waals surface area contributed by atoms with E-state index in [2.05, 4.69) is 24.5 Å². The van der Waals surface area contributed by atoms with Crippen molar-refractivity contribution in [3.63, 3.8) is 0 Å². The van der Waals surface area contributed by atoms with E-state index in [9.17, 15) is 5.11 Å². The maximum atomic E-state index is 10.1. The Kier molecular flexibility index (Phi) is 3.20. The Morgan fingerprint density at radius 2 is 2.22 bits per heavy atom. The predicted octanol–water partition coefficient (Wildman–Crippen LogP) is 2.91. The van der Waals surface area contributed by atoms with Crippen LogP contribution in [0, 0.1) is 6.92 Å². The standard InChI is InChI=1S/C15H23NO2/c1-3-18-12-8-11(9-12)16-10(2)7-13-14(16)5-4-6-15(13)17/h7,11-12,15,17H,3-6,8-9H2,1-2H3. The minimum absolute atomic E-state index is 0.239. The van der Waals surface area contributed by atoms with Gasteiger partial charge in [-0.25, -0.2) is 0 Å². The second kappa shape index (κ2) is 4.71. The molecule has 0 bridgehead atoms. The molecule has 1 heterocycles. The molecule has 18 heavy (non-hydrogen) atoms. The maximum absolute atomic E-state index is 10.1. The lowest BCUT2D eigenvalue weighted by Gasteiger charge is -2.38. The van der Waals surface area contributed by atoms with Gasteiger partial charge in [0.1, 0.15) is 0 Å². The quantitative estimate of drug-likeness (QED) is 0.893. The van der Waals surface area contributed by atoms with Gasteiger partial charge in [-0.1, -0.05) is 0 Å². The Hall–Kier alpha value is -0.800. The van der Waals surface area contributed by atoms with Crippen LogP contribution in [0.4, 0.5) is 0 Å². The van der Waals surface area contributed by atoms with E-state index in [-0.39, 0.29) is 6.10 Å². The van der Waals surface area contributed by atoms with Crippen molar-refractivity contribution in [2.45, 2.75) is 64.2 Å². The number of ether oxygens (including phenoxy) is 1. The number of fused-ring (bicyclic) bond motifs is 1. The van der Waals surface area contributed by atoms with E-state index in [1.165, 1.54) is 17.0 Å². The van der Waals surface area contributed by atoms with Crippen molar-refractivity contribution in [2.75, 3.05) is 6.61 Å². The van der Waals surface area contributed by atoms with Crippen molar-refractivity contribution in [1.29, 1.82) is 0 Å². The number of aliphatic hydroxyl groups excluding tert-OH is 1. The smallest absolute Gasteiger partial charge is 0.0807 e. The van der Waals surface area contributed by atoms with Crippen LogP contribution in [0.3, 0.4) is 0 Å². The summed E-state index contributed by atoms with van der Waals surface area (Å²) >= 11 is 0. The number of aromatic nitrogens is 1. The van der Waals surface area contributed by atoms with E-state index in [0.29, 0.717) is 12.1 Å². The Balaban J connectivity index is 1.81. The second-order valence-electron chi connectivity index (χ2n) is 5.67. The normalized spacial score (nSPS) is 30.9. The van der Waals surface area contributed by atoms with Gasteiger partial charge in [0.2, 0.25) is 0 Å². The van der Waals surface area contributed by atoms with Crippen LogP contribution in [-0.2, 0) is 11.2 Å². The highest BCUT2D eigenvalue weighted by molar-refractivity contribution is 5.32. The van der Waals surface area contributed by atoms with Gasteiger partial charge >= 0.3 is 0 Å². The molecular formula is C15H23NO2. The SMILES string of the molecule is CCOC1CC(n2c(C)cc3c2CCCC3O)C1. The molecule has 1 saturated carbocycles. The summed E-state index contributed by atoms with van der Waals surface area (Å²) in [6.45, 7) is 5.05. The second-order valence-corrected chi connectivity index (χ2v) is 5.67. The minimum atomic E-state index is -0.239. The van der Waals surface area contributed by atoms with E-state index in [4.69, 9.17) is 4.74 Å². The van der Waals surface area contributed by atoms with Crippen molar-refractivity contribution < 1.29 is 9.84 Å². The molecule has 3 rings (SSSR count). The number of aryl methyl sites for hydroxylation is 1. The number of rotatable bonds is 3. The van der Waals surface area contributed by atoms with Crippen LogP contribution >= 0.6 is 0 Å². The molecule has 0 aliphatic heterocycles. The first-order chi connectivity index (χ1) is 8.70. The molecule has 0 spiro atoms. The van der Waals surface area contributed by atoms with Crippen molar-refractivity contribution >= 4 is 0 Å². The Labute approximate surface area is 109 Å². The van der Waals surface area contributed by atoms with Crippen LogP contribution in [0.1, 0.15) is 61.7 Å².